The molecule has 0 saturated carbocycles. The minimum absolute atomic E-state index is 0.449. The van der Waals surface area contributed by atoms with E-state index in [1.54, 1.807) is 11.8 Å². The summed E-state index contributed by atoms with van der Waals surface area (Å²) in [5.41, 5.74) is 2.18. The van der Waals surface area contributed by atoms with Crippen LogP contribution in [0.3, 0.4) is 0 Å². The Kier molecular flexibility index (Phi) is 4.34. The van der Waals surface area contributed by atoms with Crippen molar-refractivity contribution >= 4 is 27.7 Å². The number of rotatable bonds is 4. The van der Waals surface area contributed by atoms with Gasteiger partial charge in [0.25, 0.3) is 0 Å². The van der Waals surface area contributed by atoms with Crippen LogP contribution in [0.2, 0.25) is 0 Å². The summed E-state index contributed by atoms with van der Waals surface area (Å²) in [4.78, 5) is 1.16. The van der Waals surface area contributed by atoms with E-state index in [0.29, 0.717) is 5.75 Å². The van der Waals surface area contributed by atoms with Crippen LogP contribution in [0.15, 0.2) is 51.8 Å². The van der Waals surface area contributed by atoms with Gasteiger partial charge in [0.05, 0.1) is 12.7 Å². The molecule has 3 rings (SSSR count). The van der Waals surface area contributed by atoms with E-state index in [1.165, 1.54) is 5.56 Å². The van der Waals surface area contributed by atoms with Crippen molar-refractivity contribution in [1.29, 1.82) is 0 Å². The highest BCUT2D eigenvalue weighted by atomic mass is 79.9. The average Bonchev–Trinajstić information content (AvgIpc) is 2.93. The summed E-state index contributed by atoms with van der Waals surface area (Å²) in [7, 11) is 0. The first-order chi connectivity index (χ1) is 9.72. The zero-order valence-corrected chi connectivity index (χ0v) is 13.3. The van der Waals surface area contributed by atoms with Crippen LogP contribution in [-0.4, -0.2) is 17.5 Å². The Hall–Kier alpha value is -0.970. The van der Waals surface area contributed by atoms with Crippen molar-refractivity contribution in [3.63, 3.8) is 0 Å². The van der Waals surface area contributed by atoms with Gasteiger partial charge in [-0.05, 0) is 47.5 Å². The lowest BCUT2D eigenvalue weighted by molar-refractivity contribution is 0.204. The third-order valence-electron chi connectivity index (χ3n) is 3.32. The maximum atomic E-state index is 10.3. The Morgan fingerprint density at radius 1 is 1.20 bits per heavy atom. The highest BCUT2D eigenvalue weighted by Gasteiger charge is 2.15. The number of aliphatic hydroxyl groups is 1. The maximum Gasteiger partial charge on any atom is 0.122 e. The highest BCUT2D eigenvalue weighted by Crippen LogP contribution is 2.30. The van der Waals surface area contributed by atoms with E-state index in [-0.39, 0.29) is 0 Å². The van der Waals surface area contributed by atoms with Crippen LogP contribution >= 0.6 is 27.7 Å². The quantitative estimate of drug-likeness (QED) is 0.837. The van der Waals surface area contributed by atoms with Gasteiger partial charge in [-0.2, -0.15) is 0 Å². The third-order valence-corrected chi connectivity index (χ3v) is 4.94. The summed E-state index contributed by atoms with van der Waals surface area (Å²) in [5, 5.41) is 10.3. The van der Waals surface area contributed by atoms with E-state index < -0.39 is 6.10 Å². The second-order valence-electron chi connectivity index (χ2n) is 4.75. The normalized spacial score (nSPS) is 14.7. The molecule has 104 valence electrons. The van der Waals surface area contributed by atoms with Crippen molar-refractivity contribution in [2.45, 2.75) is 17.4 Å². The molecule has 4 heteroatoms. The van der Waals surface area contributed by atoms with Gasteiger partial charge in [0.15, 0.2) is 0 Å². The van der Waals surface area contributed by atoms with Gasteiger partial charge in [-0.1, -0.05) is 22.0 Å². The van der Waals surface area contributed by atoms with Crippen LogP contribution in [0.1, 0.15) is 17.2 Å². The molecule has 1 atom stereocenters. The molecular weight excluding hydrogens is 336 g/mol. The summed E-state index contributed by atoms with van der Waals surface area (Å²) in [5.74, 6) is 1.61. The second kappa shape index (κ2) is 6.20. The molecule has 0 aliphatic carbocycles. The molecule has 0 aromatic heterocycles. The van der Waals surface area contributed by atoms with Gasteiger partial charge < -0.3 is 9.84 Å². The first-order valence-electron chi connectivity index (χ1n) is 6.54. The second-order valence-corrected chi connectivity index (χ2v) is 6.76. The SMILES string of the molecule is OC(CSc1ccc(Br)cc1)c1ccc2c(c1)CCO2. The Bertz CT molecular complexity index is 598. The number of hydrogen-bond donors (Lipinski definition) is 1. The number of benzene rings is 2. The van der Waals surface area contributed by atoms with Crippen LogP contribution in [0.25, 0.3) is 0 Å². The largest absolute Gasteiger partial charge is 0.493 e. The van der Waals surface area contributed by atoms with E-state index >= 15 is 0 Å². The Balaban J connectivity index is 1.64. The molecule has 0 spiro atoms. The molecule has 2 aromatic rings. The minimum atomic E-state index is -0.449. The first-order valence-corrected chi connectivity index (χ1v) is 8.32. The molecule has 1 aliphatic rings. The van der Waals surface area contributed by atoms with Gasteiger partial charge in [0.1, 0.15) is 5.75 Å². The highest BCUT2D eigenvalue weighted by molar-refractivity contribution is 9.10. The summed E-state index contributed by atoms with van der Waals surface area (Å²) in [6, 6.07) is 14.1. The topological polar surface area (TPSA) is 29.5 Å². The van der Waals surface area contributed by atoms with E-state index in [0.717, 1.165) is 33.7 Å². The van der Waals surface area contributed by atoms with Gasteiger partial charge in [-0.3, -0.25) is 0 Å². The standard InChI is InChI=1S/C16H15BrO2S/c17-13-2-4-14(5-3-13)20-10-15(18)11-1-6-16-12(9-11)7-8-19-16/h1-6,9,15,18H,7-8,10H2. The third kappa shape index (κ3) is 3.19. The molecular formula is C16H15BrO2S. The van der Waals surface area contributed by atoms with Crippen molar-refractivity contribution < 1.29 is 9.84 Å². The summed E-state index contributed by atoms with van der Waals surface area (Å²) < 4.78 is 6.55. The zero-order valence-electron chi connectivity index (χ0n) is 10.9. The fraction of sp³-hybridized carbons (Fsp3) is 0.250. The predicted octanol–water partition coefficient (Wildman–Crippen LogP) is 4.21. The lowest BCUT2D eigenvalue weighted by Crippen LogP contribution is -2.01. The van der Waals surface area contributed by atoms with Crippen LogP contribution in [0.4, 0.5) is 0 Å². The van der Waals surface area contributed by atoms with E-state index in [1.807, 2.05) is 24.3 Å². The van der Waals surface area contributed by atoms with Gasteiger partial charge in [0.2, 0.25) is 0 Å². The van der Waals surface area contributed by atoms with Crippen LogP contribution in [0.5, 0.6) is 5.75 Å². The lowest BCUT2D eigenvalue weighted by atomic mass is 10.1. The molecule has 0 fully saturated rings. The molecule has 0 amide bonds. The number of ether oxygens (including phenoxy) is 1. The number of aliphatic hydroxyl groups excluding tert-OH is 1. The molecule has 1 aliphatic heterocycles. The first kappa shape index (κ1) is 14.0. The average molecular weight is 351 g/mol. The Morgan fingerprint density at radius 2 is 2.00 bits per heavy atom. The molecule has 1 N–H and O–H groups in total. The summed E-state index contributed by atoms with van der Waals surface area (Å²) >= 11 is 5.08. The molecule has 0 radical (unpaired) electrons. The fourth-order valence-electron chi connectivity index (χ4n) is 2.22. The number of fused-ring (bicyclic) bond motifs is 1. The molecule has 0 saturated heterocycles. The Labute approximate surface area is 131 Å². The van der Waals surface area contributed by atoms with Crippen molar-refractivity contribution in [1.82, 2.24) is 0 Å². The lowest BCUT2D eigenvalue weighted by Gasteiger charge is -2.12. The number of halogens is 1. The summed E-state index contributed by atoms with van der Waals surface area (Å²) in [6.45, 7) is 0.753. The molecule has 2 aromatic carbocycles. The van der Waals surface area contributed by atoms with E-state index in [9.17, 15) is 5.11 Å². The van der Waals surface area contributed by atoms with Gasteiger partial charge >= 0.3 is 0 Å². The number of thioether (sulfide) groups is 1. The van der Waals surface area contributed by atoms with Gasteiger partial charge in [0, 0.05) is 21.5 Å². The van der Waals surface area contributed by atoms with E-state index in [4.69, 9.17) is 4.74 Å². The maximum absolute atomic E-state index is 10.3. The van der Waals surface area contributed by atoms with Crippen LogP contribution in [0, 0.1) is 0 Å². The molecule has 20 heavy (non-hydrogen) atoms. The minimum Gasteiger partial charge on any atom is -0.493 e. The monoisotopic (exact) mass is 350 g/mol. The fourth-order valence-corrected chi connectivity index (χ4v) is 3.35. The Morgan fingerprint density at radius 3 is 2.80 bits per heavy atom. The van der Waals surface area contributed by atoms with Crippen molar-refractivity contribution in [3.8, 4) is 5.75 Å². The van der Waals surface area contributed by atoms with Crippen molar-refractivity contribution in [3.05, 3.63) is 58.1 Å². The van der Waals surface area contributed by atoms with E-state index in [2.05, 4.69) is 34.1 Å². The smallest absolute Gasteiger partial charge is 0.122 e. The molecule has 2 nitrogen and oxygen atoms in total. The predicted molar refractivity (Wildman–Crippen MR) is 85.5 cm³/mol. The zero-order chi connectivity index (χ0) is 13.9. The van der Waals surface area contributed by atoms with Crippen molar-refractivity contribution in [2.75, 3.05) is 12.4 Å². The molecule has 1 heterocycles. The van der Waals surface area contributed by atoms with Crippen LogP contribution < -0.4 is 4.74 Å². The van der Waals surface area contributed by atoms with Gasteiger partial charge in [-0.15, -0.1) is 11.8 Å². The van der Waals surface area contributed by atoms with Crippen molar-refractivity contribution in [2.24, 2.45) is 0 Å². The molecule has 1 unspecified atom stereocenters. The molecule has 0 bridgehead atoms. The summed E-state index contributed by atoms with van der Waals surface area (Å²) in [6.07, 6.45) is 0.491. The van der Waals surface area contributed by atoms with Gasteiger partial charge in [-0.25, -0.2) is 0 Å². The van der Waals surface area contributed by atoms with Crippen LogP contribution in [-0.2, 0) is 6.42 Å². The number of hydrogen-bond acceptors (Lipinski definition) is 3.